The van der Waals surface area contributed by atoms with Crippen molar-refractivity contribution >= 4 is 44.1 Å². The molecule has 2 saturated carbocycles. The second-order valence-electron chi connectivity index (χ2n) is 14.3. The van der Waals surface area contributed by atoms with Crippen LogP contribution in [0, 0.1) is 11.8 Å². The fourth-order valence-electron chi connectivity index (χ4n) is 4.48. The van der Waals surface area contributed by atoms with Crippen LogP contribution in [0.3, 0.4) is 0 Å². The third kappa shape index (κ3) is 18.9. The Morgan fingerprint density at radius 3 is 1.47 bits per heavy atom. The maximum Gasteiger partial charge on any atom is 0.408 e. The maximum absolute atomic E-state index is 12.5. The van der Waals surface area contributed by atoms with Gasteiger partial charge in [0.05, 0.1) is 11.5 Å². The smallest absolute Gasteiger partial charge is 0.408 e. The van der Waals surface area contributed by atoms with E-state index in [0.29, 0.717) is 32.1 Å². The summed E-state index contributed by atoms with van der Waals surface area (Å²) in [5.74, 6) is -2.45. The minimum atomic E-state index is -3.77. The molecule has 0 spiro atoms. The van der Waals surface area contributed by atoms with E-state index in [1.165, 1.54) is 12.2 Å². The van der Waals surface area contributed by atoms with Gasteiger partial charge in [-0.3, -0.25) is 9.52 Å². The first kappa shape index (κ1) is 47.3. The Bertz CT molecular complexity index is 1480. The summed E-state index contributed by atoms with van der Waals surface area (Å²) in [5.41, 5.74) is -3.90. The second kappa shape index (κ2) is 19.8. The van der Waals surface area contributed by atoms with Crippen molar-refractivity contribution in [1.82, 2.24) is 15.4 Å². The molecule has 2 rings (SSSR count). The lowest BCUT2D eigenvalue weighted by molar-refractivity contribution is -0.141. The van der Waals surface area contributed by atoms with E-state index < -0.39 is 66.4 Å². The highest BCUT2D eigenvalue weighted by Gasteiger charge is 2.61. The molecule has 2 aliphatic rings. The first-order valence-corrected chi connectivity index (χ1v) is 19.9. The zero-order chi connectivity index (χ0) is 39.9. The number of sulfonamides is 2. The van der Waals surface area contributed by atoms with Crippen molar-refractivity contribution in [3.8, 4) is 0 Å². The Morgan fingerprint density at radius 2 is 1.14 bits per heavy atom. The van der Waals surface area contributed by atoms with Crippen LogP contribution in [0.25, 0.3) is 0 Å². The third-order valence-corrected chi connectivity index (χ3v) is 9.42. The summed E-state index contributed by atoms with van der Waals surface area (Å²) in [4.78, 5) is 46.9. The number of carboxylic acid groups (broad SMARTS) is 1. The molecule has 0 aromatic carbocycles. The van der Waals surface area contributed by atoms with Crippen LogP contribution < -0.4 is 20.5 Å². The topological polar surface area (TPSA) is 237 Å². The van der Waals surface area contributed by atoms with Gasteiger partial charge in [-0.2, -0.15) is 0 Å². The lowest BCUT2D eigenvalue weighted by Gasteiger charge is -2.23. The lowest BCUT2D eigenvalue weighted by Crippen LogP contribution is -2.53. The number of primary sulfonamides is 1. The molecule has 2 fully saturated rings. The van der Waals surface area contributed by atoms with E-state index in [1.807, 2.05) is 0 Å². The minimum absolute atomic E-state index is 0.0842. The molecule has 2 unspecified atom stereocenters. The normalized spacial score (nSPS) is 22.1. The molecule has 17 heteroatoms. The van der Waals surface area contributed by atoms with E-state index in [4.69, 9.17) is 19.7 Å². The highest BCUT2D eigenvalue weighted by atomic mass is 32.2. The number of hydrogen-bond acceptors (Lipinski definition) is 10. The fourth-order valence-corrected chi connectivity index (χ4v) is 6.23. The number of aliphatic carboxylic acids is 1. The summed E-state index contributed by atoms with van der Waals surface area (Å²) < 4.78 is 57.0. The van der Waals surface area contributed by atoms with Gasteiger partial charge in [-0.1, -0.05) is 24.3 Å². The average Bonchev–Trinajstić information content (AvgIpc) is 3.86. The number of carbonyl (C=O) groups excluding carboxylic acids is 3. The summed E-state index contributed by atoms with van der Waals surface area (Å²) in [5, 5.41) is 18.7. The SMILES string of the molecule is C=CC1C[C@]1(NC(=O)OC(C)(C)C)C(=O)O.C=CCCCCS(=O)(=O)NC(=O)[C@@]1(NC(=O)OC(C)(C)C)CC1C=C.C=CCCCCS(N)(=O)=O. The molecule has 0 radical (unpaired) electrons. The molecule has 15 nitrogen and oxygen atoms in total. The van der Waals surface area contributed by atoms with Gasteiger partial charge in [0.25, 0.3) is 5.91 Å². The van der Waals surface area contributed by atoms with Gasteiger partial charge < -0.3 is 25.2 Å². The summed E-state index contributed by atoms with van der Waals surface area (Å²) in [6.45, 7) is 24.5. The third-order valence-electron chi connectivity index (χ3n) is 7.24. The molecule has 292 valence electrons. The summed E-state index contributed by atoms with van der Waals surface area (Å²) >= 11 is 0. The molecular formula is C34H58N4O11S2. The van der Waals surface area contributed by atoms with Crippen LogP contribution >= 0.6 is 0 Å². The number of carboxylic acids is 1. The number of unbranched alkanes of at least 4 members (excludes halogenated alkanes) is 4. The van der Waals surface area contributed by atoms with Gasteiger partial charge in [0, 0.05) is 11.8 Å². The zero-order valence-corrected chi connectivity index (χ0v) is 32.4. The summed E-state index contributed by atoms with van der Waals surface area (Å²) in [6, 6.07) is 0. The first-order valence-electron chi connectivity index (χ1n) is 16.5. The predicted octanol–water partition coefficient (Wildman–Crippen LogP) is 4.43. The van der Waals surface area contributed by atoms with Gasteiger partial charge >= 0.3 is 18.2 Å². The van der Waals surface area contributed by atoms with Gasteiger partial charge in [-0.15, -0.1) is 26.3 Å². The second-order valence-corrected chi connectivity index (χ2v) is 17.9. The molecule has 51 heavy (non-hydrogen) atoms. The van der Waals surface area contributed by atoms with Crippen molar-refractivity contribution in [3.05, 3.63) is 50.6 Å². The van der Waals surface area contributed by atoms with Crippen molar-refractivity contribution in [1.29, 1.82) is 0 Å². The molecule has 0 bridgehead atoms. The highest BCUT2D eigenvalue weighted by Crippen LogP contribution is 2.45. The maximum atomic E-state index is 12.5. The van der Waals surface area contributed by atoms with E-state index in [2.05, 4.69) is 41.7 Å². The molecule has 0 aliphatic heterocycles. The minimum Gasteiger partial charge on any atom is -0.479 e. The Hall–Kier alpha value is -3.70. The fraction of sp³-hybridized carbons (Fsp3) is 0.647. The first-order chi connectivity index (χ1) is 23.2. The monoisotopic (exact) mass is 762 g/mol. The van der Waals surface area contributed by atoms with Gasteiger partial charge in [0.1, 0.15) is 22.3 Å². The van der Waals surface area contributed by atoms with Gasteiger partial charge in [-0.25, -0.2) is 36.4 Å². The van der Waals surface area contributed by atoms with Gasteiger partial charge in [0.2, 0.25) is 20.0 Å². The van der Waals surface area contributed by atoms with Crippen molar-refractivity contribution < 1.29 is 50.6 Å². The number of nitrogens with one attached hydrogen (secondary N) is 3. The van der Waals surface area contributed by atoms with Gasteiger partial charge in [-0.05, 0) is 92.9 Å². The van der Waals surface area contributed by atoms with E-state index in [1.54, 1.807) is 53.7 Å². The van der Waals surface area contributed by atoms with Crippen LogP contribution in [0.15, 0.2) is 50.6 Å². The van der Waals surface area contributed by atoms with Crippen LogP contribution in [0.4, 0.5) is 9.59 Å². The number of rotatable bonds is 17. The van der Waals surface area contributed by atoms with E-state index in [9.17, 15) is 36.0 Å². The molecule has 2 aliphatic carbocycles. The van der Waals surface area contributed by atoms with Crippen molar-refractivity contribution in [3.63, 3.8) is 0 Å². The molecule has 3 amide bonds. The molecule has 0 aromatic rings. The Balaban J connectivity index is 0.000000819. The molecule has 0 aromatic heterocycles. The van der Waals surface area contributed by atoms with Crippen LogP contribution in [0.5, 0.6) is 0 Å². The van der Waals surface area contributed by atoms with Crippen LogP contribution in [-0.2, 0) is 39.1 Å². The molecule has 0 heterocycles. The predicted molar refractivity (Wildman–Crippen MR) is 196 cm³/mol. The van der Waals surface area contributed by atoms with E-state index >= 15 is 0 Å². The van der Waals surface area contributed by atoms with Crippen LogP contribution in [-0.4, -0.2) is 79.8 Å². The molecule has 6 N–H and O–H groups in total. The van der Waals surface area contributed by atoms with Crippen LogP contribution in [0.2, 0.25) is 0 Å². The number of alkyl carbamates (subject to hydrolysis) is 2. The van der Waals surface area contributed by atoms with Crippen LogP contribution in [0.1, 0.15) is 92.9 Å². The molecular weight excluding hydrogens is 705 g/mol. The Morgan fingerprint density at radius 1 is 0.745 bits per heavy atom. The zero-order valence-electron chi connectivity index (χ0n) is 30.8. The summed E-state index contributed by atoms with van der Waals surface area (Å²) in [7, 11) is -7.01. The number of amides is 3. The molecule has 0 saturated heterocycles. The standard InChI is InChI=1S/C17H28N2O5S.C11H17NO4.C6H13NO2S/c1-6-8-9-10-11-25(22,23)19-14(20)17(12-13(17)7-2)18-15(21)24-16(3,4)5;1-5-7-6-11(7,8(13)14)12-9(15)16-10(2,3)4;1-2-3-4-5-6-10(7,8)9/h6-7,13H,1-2,8-12H2,3-5H3,(H,18,21)(H,19,20);5,7H,1,6H2,2-4H3,(H,12,15)(H,13,14);2H,1,3-6H2,(H2,7,8,9)/t13?,17-;7?,11-;/m11./s1. The van der Waals surface area contributed by atoms with Crippen molar-refractivity contribution in [2.24, 2.45) is 17.0 Å². The van der Waals surface area contributed by atoms with Gasteiger partial charge in [0.15, 0.2) is 0 Å². The van der Waals surface area contributed by atoms with Crippen molar-refractivity contribution in [2.75, 3.05) is 11.5 Å². The number of allylic oxidation sites excluding steroid dienone is 2. The summed E-state index contributed by atoms with van der Waals surface area (Å²) in [6.07, 6.45) is 9.85. The lowest BCUT2D eigenvalue weighted by atomic mass is 10.2. The number of carbonyl (C=O) groups is 4. The number of nitrogens with two attached hydrogens (primary N) is 1. The number of hydrogen-bond donors (Lipinski definition) is 5. The number of ether oxygens (including phenoxy) is 2. The van der Waals surface area contributed by atoms with E-state index in [0.717, 1.165) is 12.8 Å². The van der Waals surface area contributed by atoms with Crippen molar-refractivity contribution in [2.45, 2.75) is 115 Å². The Labute approximate surface area is 303 Å². The highest BCUT2D eigenvalue weighted by molar-refractivity contribution is 7.90. The van der Waals surface area contributed by atoms with E-state index in [-0.39, 0.29) is 29.8 Å². The Kier molecular flexibility index (Phi) is 18.3. The quantitative estimate of drug-likeness (QED) is 0.103. The molecule has 4 atom stereocenters. The average molecular weight is 763 g/mol. The largest absolute Gasteiger partial charge is 0.479 e.